The molecule has 0 aliphatic heterocycles. The molecule has 0 atom stereocenters. The SMILES string of the molecule is CCN(c1cc(O)ccc1C)c1ccc(C(N)=S)cc1F. The van der Waals surface area contributed by atoms with Crippen LogP contribution < -0.4 is 10.6 Å². The fourth-order valence-electron chi connectivity index (χ4n) is 2.24. The van der Waals surface area contributed by atoms with Gasteiger partial charge in [0.05, 0.1) is 5.69 Å². The Morgan fingerprint density at radius 2 is 1.95 bits per heavy atom. The number of halogens is 1. The largest absolute Gasteiger partial charge is 0.508 e. The smallest absolute Gasteiger partial charge is 0.147 e. The summed E-state index contributed by atoms with van der Waals surface area (Å²) < 4.78 is 14.3. The van der Waals surface area contributed by atoms with E-state index >= 15 is 0 Å². The maximum absolute atomic E-state index is 14.3. The first-order chi connectivity index (χ1) is 9.93. The van der Waals surface area contributed by atoms with Gasteiger partial charge in [-0.1, -0.05) is 18.3 Å². The number of nitrogens with two attached hydrogens (primary N) is 1. The number of aryl methyl sites for hydroxylation is 1. The van der Waals surface area contributed by atoms with Gasteiger partial charge >= 0.3 is 0 Å². The van der Waals surface area contributed by atoms with Gasteiger partial charge in [0.1, 0.15) is 16.6 Å². The Morgan fingerprint density at radius 1 is 1.24 bits per heavy atom. The van der Waals surface area contributed by atoms with Crippen LogP contribution in [-0.2, 0) is 0 Å². The lowest BCUT2D eigenvalue weighted by atomic mass is 10.1. The number of hydrogen-bond donors (Lipinski definition) is 2. The highest BCUT2D eigenvalue weighted by molar-refractivity contribution is 7.80. The Hall–Kier alpha value is -2.14. The van der Waals surface area contributed by atoms with E-state index in [1.165, 1.54) is 6.07 Å². The molecule has 0 aromatic heterocycles. The highest BCUT2D eigenvalue weighted by Gasteiger charge is 2.15. The highest BCUT2D eigenvalue weighted by atomic mass is 32.1. The minimum atomic E-state index is -0.398. The van der Waals surface area contributed by atoms with Crippen molar-refractivity contribution in [3.63, 3.8) is 0 Å². The maximum atomic E-state index is 14.3. The average Bonchev–Trinajstić information content (AvgIpc) is 2.44. The van der Waals surface area contributed by atoms with Gasteiger partial charge in [0.25, 0.3) is 0 Å². The average molecular weight is 304 g/mol. The van der Waals surface area contributed by atoms with E-state index in [-0.39, 0.29) is 10.7 Å². The van der Waals surface area contributed by atoms with Crippen molar-refractivity contribution < 1.29 is 9.50 Å². The Kier molecular flexibility index (Phi) is 4.43. The van der Waals surface area contributed by atoms with Crippen LogP contribution in [0.5, 0.6) is 5.75 Å². The number of phenolic OH excluding ortho intramolecular Hbond substituents is 1. The van der Waals surface area contributed by atoms with E-state index in [2.05, 4.69) is 0 Å². The van der Waals surface area contributed by atoms with Crippen LogP contribution in [-0.4, -0.2) is 16.6 Å². The Labute approximate surface area is 128 Å². The summed E-state index contributed by atoms with van der Waals surface area (Å²) in [6.07, 6.45) is 0. The van der Waals surface area contributed by atoms with Crippen LogP contribution >= 0.6 is 12.2 Å². The highest BCUT2D eigenvalue weighted by Crippen LogP contribution is 2.32. The Bertz CT molecular complexity index is 688. The molecule has 2 aromatic rings. The van der Waals surface area contributed by atoms with Crippen LogP contribution in [0.25, 0.3) is 0 Å². The van der Waals surface area contributed by atoms with E-state index < -0.39 is 5.82 Å². The zero-order valence-electron chi connectivity index (χ0n) is 11.9. The van der Waals surface area contributed by atoms with Crippen LogP contribution in [0.15, 0.2) is 36.4 Å². The van der Waals surface area contributed by atoms with Crippen molar-refractivity contribution in [2.75, 3.05) is 11.4 Å². The number of aromatic hydroxyl groups is 1. The summed E-state index contributed by atoms with van der Waals surface area (Å²) in [4.78, 5) is 1.96. The van der Waals surface area contributed by atoms with Gasteiger partial charge in [0.2, 0.25) is 0 Å². The van der Waals surface area contributed by atoms with Gasteiger partial charge in [-0.2, -0.15) is 0 Å². The predicted molar refractivity (Wildman–Crippen MR) is 87.8 cm³/mol. The summed E-state index contributed by atoms with van der Waals surface area (Å²) in [5.41, 5.74) is 8.15. The van der Waals surface area contributed by atoms with Crippen molar-refractivity contribution in [3.8, 4) is 5.75 Å². The van der Waals surface area contributed by atoms with Gasteiger partial charge in [-0.05, 0) is 43.7 Å². The van der Waals surface area contributed by atoms with E-state index in [0.717, 1.165) is 11.3 Å². The summed E-state index contributed by atoms with van der Waals surface area (Å²) in [6.45, 7) is 4.40. The molecule has 3 N–H and O–H groups in total. The van der Waals surface area contributed by atoms with Crippen LogP contribution in [0.4, 0.5) is 15.8 Å². The van der Waals surface area contributed by atoms with Gasteiger partial charge in [0.15, 0.2) is 0 Å². The molecule has 21 heavy (non-hydrogen) atoms. The molecule has 0 saturated heterocycles. The molecule has 0 heterocycles. The standard InChI is InChI=1S/C16H17FN2OS/c1-3-19(15-9-12(20)6-4-10(15)2)14-7-5-11(16(18)21)8-13(14)17/h4-9,20H,3H2,1-2H3,(H2,18,21). The summed E-state index contributed by atoms with van der Waals surface area (Å²) in [5, 5.41) is 9.66. The molecule has 0 spiro atoms. The minimum absolute atomic E-state index is 0.147. The molecule has 0 aliphatic rings. The second kappa shape index (κ2) is 6.10. The second-order valence-electron chi connectivity index (χ2n) is 4.75. The first-order valence-electron chi connectivity index (χ1n) is 6.60. The number of rotatable bonds is 4. The summed E-state index contributed by atoms with van der Waals surface area (Å²) in [5.74, 6) is -0.251. The zero-order valence-corrected chi connectivity index (χ0v) is 12.7. The van der Waals surface area contributed by atoms with Crippen molar-refractivity contribution >= 4 is 28.6 Å². The number of nitrogens with zero attached hydrogens (tertiary/aromatic N) is 1. The minimum Gasteiger partial charge on any atom is -0.508 e. The molecule has 0 aliphatic carbocycles. The van der Waals surface area contributed by atoms with Gasteiger partial charge < -0.3 is 15.7 Å². The number of anilines is 2. The predicted octanol–water partition coefficient (Wildman–Crippen LogP) is 3.63. The lowest BCUT2D eigenvalue weighted by Crippen LogP contribution is -2.19. The summed E-state index contributed by atoms with van der Waals surface area (Å²) in [6, 6.07) is 9.71. The molecule has 0 unspecified atom stereocenters. The molecule has 110 valence electrons. The molecule has 0 bridgehead atoms. The van der Waals surface area contributed by atoms with Crippen LogP contribution in [0, 0.1) is 12.7 Å². The number of thiocarbonyl (C=S) groups is 1. The maximum Gasteiger partial charge on any atom is 0.147 e. The number of phenols is 1. The van der Waals surface area contributed by atoms with Gasteiger partial charge in [-0.25, -0.2) is 4.39 Å². The van der Waals surface area contributed by atoms with E-state index in [4.69, 9.17) is 18.0 Å². The van der Waals surface area contributed by atoms with Crippen molar-refractivity contribution in [2.45, 2.75) is 13.8 Å². The van der Waals surface area contributed by atoms with E-state index in [9.17, 15) is 9.50 Å². The summed E-state index contributed by atoms with van der Waals surface area (Å²) in [7, 11) is 0. The van der Waals surface area contributed by atoms with Crippen LogP contribution in [0.3, 0.4) is 0 Å². The lowest BCUT2D eigenvalue weighted by Gasteiger charge is -2.26. The monoisotopic (exact) mass is 304 g/mol. The molecule has 2 rings (SSSR count). The normalized spacial score (nSPS) is 10.4. The molecule has 3 nitrogen and oxygen atoms in total. The zero-order chi connectivity index (χ0) is 15.6. The third-order valence-electron chi connectivity index (χ3n) is 3.32. The van der Waals surface area contributed by atoms with Gasteiger partial charge in [0, 0.05) is 23.9 Å². The fourth-order valence-corrected chi connectivity index (χ4v) is 2.37. The van der Waals surface area contributed by atoms with Gasteiger partial charge in [-0.3, -0.25) is 0 Å². The molecule has 0 saturated carbocycles. The van der Waals surface area contributed by atoms with Crippen molar-refractivity contribution in [1.82, 2.24) is 0 Å². The lowest BCUT2D eigenvalue weighted by molar-refractivity contribution is 0.475. The van der Waals surface area contributed by atoms with Crippen molar-refractivity contribution in [3.05, 3.63) is 53.3 Å². The van der Waals surface area contributed by atoms with Crippen molar-refractivity contribution in [2.24, 2.45) is 5.73 Å². The third-order valence-corrected chi connectivity index (χ3v) is 3.56. The number of hydrogen-bond acceptors (Lipinski definition) is 3. The first-order valence-corrected chi connectivity index (χ1v) is 7.01. The Morgan fingerprint density at radius 3 is 2.52 bits per heavy atom. The van der Waals surface area contributed by atoms with E-state index in [1.54, 1.807) is 35.2 Å². The van der Waals surface area contributed by atoms with E-state index in [0.29, 0.717) is 17.8 Å². The van der Waals surface area contributed by atoms with Crippen molar-refractivity contribution in [1.29, 1.82) is 0 Å². The quantitative estimate of drug-likeness (QED) is 0.847. The number of benzene rings is 2. The topological polar surface area (TPSA) is 49.5 Å². The molecule has 2 aromatic carbocycles. The fraction of sp³-hybridized carbons (Fsp3) is 0.188. The summed E-state index contributed by atoms with van der Waals surface area (Å²) >= 11 is 4.85. The molecular formula is C16H17FN2OS. The molecule has 0 fully saturated rings. The molecule has 0 radical (unpaired) electrons. The van der Waals surface area contributed by atoms with Crippen LogP contribution in [0.1, 0.15) is 18.1 Å². The van der Waals surface area contributed by atoms with E-state index in [1.807, 2.05) is 13.8 Å². The second-order valence-corrected chi connectivity index (χ2v) is 5.19. The third kappa shape index (κ3) is 3.13. The van der Waals surface area contributed by atoms with Gasteiger partial charge in [-0.15, -0.1) is 0 Å². The van der Waals surface area contributed by atoms with Crippen LogP contribution in [0.2, 0.25) is 0 Å². The first kappa shape index (κ1) is 15.3. The Balaban J connectivity index is 2.51. The molecule has 5 heteroatoms. The molecular weight excluding hydrogens is 287 g/mol. The molecule has 0 amide bonds.